The quantitative estimate of drug-likeness (QED) is 0.469. The molecule has 3 N–H and O–H groups in total. The molecular weight excluding hydrogens is 160 g/mol. The first-order valence-electron chi connectivity index (χ1n) is 4.01. The van der Waals surface area contributed by atoms with Crippen LogP contribution in [0, 0.1) is 0 Å². The van der Waals surface area contributed by atoms with Crippen LogP contribution in [0.25, 0.3) is 0 Å². The lowest BCUT2D eigenvalue weighted by Gasteiger charge is -2.05. The average Bonchev–Trinajstić information content (AvgIpc) is 2.05. The molecule has 0 unspecified atom stereocenters. The topological polar surface area (TPSA) is 70.6 Å². The Morgan fingerprint density at radius 3 is 2.75 bits per heavy atom. The van der Waals surface area contributed by atoms with E-state index in [1.165, 1.54) is 0 Å². The first-order chi connectivity index (χ1) is 5.81. The maximum absolute atomic E-state index is 10.7. The number of urea groups is 1. The lowest BCUT2D eigenvalue weighted by atomic mass is 10.6. The van der Waals surface area contributed by atoms with E-state index in [9.17, 15) is 4.79 Å². The molecular formula is C7H16N2O3. The Morgan fingerprint density at radius 1 is 1.42 bits per heavy atom. The second-order valence-corrected chi connectivity index (χ2v) is 2.12. The van der Waals surface area contributed by atoms with Crippen molar-refractivity contribution in [1.29, 1.82) is 0 Å². The van der Waals surface area contributed by atoms with Crippen molar-refractivity contribution >= 4 is 6.03 Å². The Morgan fingerprint density at radius 2 is 2.17 bits per heavy atom. The molecule has 0 aliphatic carbocycles. The fraction of sp³-hybridized carbons (Fsp3) is 0.857. The number of amides is 2. The van der Waals surface area contributed by atoms with E-state index in [-0.39, 0.29) is 12.6 Å². The monoisotopic (exact) mass is 176 g/mol. The van der Waals surface area contributed by atoms with Crippen LogP contribution >= 0.6 is 0 Å². The van der Waals surface area contributed by atoms with Crippen LogP contribution in [0.4, 0.5) is 4.79 Å². The van der Waals surface area contributed by atoms with Crippen LogP contribution < -0.4 is 10.6 Å². The molecule has 0 heterocycles. The van der Waals surface area contributed by atoms with E-state index >= 15 is 0 Å². The first-order valence-corrected chi connectivity index (χ1v) is 4.01. The molecule has 0 fully saturated rings. The summed E-state index contributed by atoms with van der Waals surface area (Å²) in [6.45, 7) is 3.69. The van der Waals surface area contributed by atoms with Crippen molar-refractivity contribution in [1.82, 2.24) is 10.6 Å². The second-order valence-electron chi connectivity index (χ2n) is 2.12. The smallest absolute Gasteiger partial charge is 0.314 e. The minimum Gasteiger partial charge on any atom is -0.394 e. The van der Waals surface area contributed by atoms with Crippen LogP contribution in [0.1, 0.15) is 6.92 Å². The summed E-state index contributed by atoms with van der Waals surface area (Å²) >= 11 is 0. The lowest BCUT2D eigenvalue weighted by molar-refractivity contribution is 0.0947. The number of ether oxygens (including phenoxy) is 1. The summed E-state index contributed by atoms with van der Waals surface area (Å²) in [4.78, 5) is 10.7. The highest BCUT2D eigenvalue weighted by Gasteiger charge is 1.94. The zero-order valence-corrected chi connectivity index (χ0v) is 7.30. The third kappa shape index (κ3) is 7.30. The molecule has 5 nitrogen and oxygen atoms in total. The minimum absolute atomic E-state index is 0.0150. The molecule has 5 heteroatoms. The largest absolute Gasteiger partial charge is 0.394 e. The van der Waals surface area contributed by atoms with Gasteiger partial charge < -0.3 is 20.5 Å². The van der Waals surface area contributed by atoms with Crippen molar-refractivity contribution in [2.24, 2.45) is 0 Å². The highest BCUT2D eigenvalue weighted by molar-refractivity contribution is 5.73. The Hall–Kier alpha value is -0.810. The molecule has 0 aromatic heterocycles. The fourth-order valence-electron chi connectivity index (χ4n) is 0.626. The van der Waals surface area contributed by atoms with Crippen LogP contribution in [0.5, 0.6) is 0 Å². The first kappa shape index (κ1) is 11.2. The zero-order valence-electron chi connectivity index (χ0n) is 7.30. The summed E-state index contributed by atoms with van der Waals surface area (Å²) in [5, 5.41) is 13.5. The van der Waals surface area contributed by atoms with Crippen molar-refractivity contribution in [2.45, 2.75) is 6.92 Å². The molecule has 0 atom stereocenters. The predicted molar refractivity (Wildman–Crippen MR) is 45.0 cm³/mol. The van der Waals surface area contributed by atoms with Gasteiger partial charge in [-0.1, -0.05) is 0 Å². The maximum atomic E-state index is 10.7. The molecule has 0 saturated heterocycles. The molecule has 0 aromatic rings. The van der Waals surface area contributed by atoms with Crippen LogP contribution in [0.3, 0.4) is 0 Å². The van der Waals surface area contributed by atoms with Gasteiger partial charge in [0.1, 0.15) is 0 Å². The highest BCUT2D eigenvalue weighted by Crippen LogP contribution is 1.71. The summed E-state index contributed by atoms with van der Waals surface area (Å²) in [6.07, 6.45) is 0. The van der Waals surface area contributed by atoms with Gasteiger partial charge in [0.15, 0.2) is 0 Å². The van der Waals surface area contributed by atoms with Gasteiger partial charge in [-0.15, -0.1) is 0 Å². The van der Waals surface area contributed by atoms with Gasteiger partial charge in [0, 0.05) is 13.1 Å². The maximum Gasteiger partial charge on any atom is 0.314 e. The summed E-state index contributed by atoms with van der Waals surface area (Å²) < 4.78 is 4.92. The molecule has 2 amide bonds. The number of nitrogens with one attached hydrogen (secondary N) is 2. The summed E-state index contributed by atoms with van der Waals surface area (Å²) in [7, 11) is 0. The van der Waals surface area contributed by atoms with E-state index < -0.39 is 0 Å². The van der Waals surface area contributed by atoms with Gasteiger partial charge in [0.2, 0.25) is 0 Å². The van der Waals surface area contributed by atoms with Crippen molar-refractivity contribution in [3.63, 3.8) is 0 Å². The van der Waals surface area contributed by atoms with Gasteiger partial charge in [0.05, 0.1) is 19.8 Å². The molecule has 12 heavy (non-hydrogen) atoms. The average molecular weight is 176 g/mol. The van der Waals surface area contributed by atoms with Crippen LogP contribution in [0.15, 0.2) is 0 Å². The van der Waals surface area contributed by atoms with Crippen molar-refractivity contribution < 1.29 is 14.6 Å². The van der Waals surface area contributed by atoms with Gasteiger partial charge in [-0.3, -0.25) is 0 Å². The molecule has 0 spiro atoms. The molecule has 0 radical (unpaired) electrons. The second kappa shape index (κ2) is 8.29. The van der Waals surface area contributed by atoms with Crippen LogP contribution in [-0.2, 0) is 4.74 Å². The van der Waals surface area contributed by atoms with Crippen molar-refractivity contribution in [2.75, 3.05) is 32.9 Å². The number of aliphatic hydroxyl groups is 1. The molecule has 0 aliphatic rings. The van der Waals surface area contributed by atoms with Crippen LogP contribution in [0.2, 0.25) is 0 Å². The molecule has 72 valence electrons. The number of carbonyl (C=O) groups excluding carboxylic acids is 1. The van der Waals surface area contributed by atoms with Gasteiger partial charge in [-0.25, -0.2) is 4.79 Å². The lowest BCUT2D eigenvalue weighted by Crippen LogP contribution is -2.37. The van der Waals surface area contributed by atoms with E-state index in [4.69, 9.17) is 9.84 Å². The van der Waals surface area contributed by atoms with E-state index in [2.05, 4.69) is 10.6 Å². The zero-order chi connectivity index (χ0) is 9.23. The Labute approximate surface area is 72.1 Å². The SMILES string of the molecule is CCNC(=O)NCCOCCO. The third-order valence-corrected chi connectivity index (χ3v) is 1.10. The fourth-order valence-corrected chi connectivity index (χ4v) is 0.626. The van der Waals surface area contributed by atoms with Gasteiger partial charge in [0.25, 0.3) is 0 Å². The van der Waals surface area contributed by atoms with Gasteiger partial charge >= 0.3 is 6.03 Å². The van der Waals surface area contributed by atoms with Crippen LogP contribution in [-0.4, -0.2) is 44.0 Å². The number of hydrogen-bond acceptors (Lipinski definition) is 3. The van der Waals surface area contributed by atoms with E-state index in [1.54, 1.807) is 0 Å². The molecule has 0 bridgehead atoms. The van der Waals surface area contributed by atoms with E-state index in [0.717, 1.165) is 0 Å². The number of carbonyl (C=O) groups is 1. The van der Waals surface area contributed by atoms with Crippen molar-refractivity contribution in [3.05, 3.63) is 0 Å². The summed E-state index contributed by atoms with van der Waals surface area (Å²) in [5.41, 5.74) is 0. The van der Waals surface area contributed by atoms with E-state index in [1.807, 2.05) is 6.92 Å². The Kier molecular flexibility index (Phi) is 7.73. The molecule has 0 aromatic carbocycles. The number of hydrogen-bond donors (Lipinski definition) is 3. The van der Waals surface area contributed by atoms with Crippen molar-refractivity contribution in [3.8, 4) is 0 Å². The third-order valence-electron chi connectivity index (χ3n) is 1.10. The Balaban J connectivity index is 3.03. The van der Waals surface area contributed by atoms with Gasteiger partial charge in [-0.2, -0.15) is 0 Å². The minimum atomic E-state index is -0.190. The summed E-state index contributed by atoms with van der Waals surface area (Å²) in [5.74, 6) is 0. The van der Waals surface area contributed by atoms with Gasteiger partial charge in [-0.05, 0) is 6.92 Å². The highest BCUT2D eigenvalue weighted by atomic mass is 16.5. The molecule has 0 saturated carbocycles. The number of aliphatic hydroxyl groups excluding tert-OH is 1. The predicted octanol–water partition coefficient (Wildman–Crippen LogP) is -0.686. The standard InChI is InChI=1S/C7H16N2O3/c1-2-8-7(11)9-3-5-12-6-4-10/h10H,2-6H2,1H3,(H2,8,9,11). The van der Waals surface area contributed by atoms with E-state index in [0.29, 0.717) is 26.3 Å². The number of rotatable bonds is 6. The molecule has 0 rings (SSSR count). The normalized spacial score (nSPS) is 9.50. The summed E-state index contributed by atoms with van der Waals surface area (Å²) in [6, 6.07) is -0.190. The Bertz CT molecular complexity index is 119. The molecule has 0 aliphatic heterocycles.